The number of benzene rings is 2. The molecule has 0 amide bonds. The van der Waals surface area contributed by atoms with Crippen LogP contribution in [0.4, 0.5) is 11.4 Å². The summed E-state index contributed by atoms with van der Waals surface area (Å²) in [4.78, 5) is 26.1. The van der Waals surface area contributed by atoms with Gasteiger partial charge in [0, 0.05) is 5.39 Å². The first-order chi connectivity index (χ1) is 17.0. The SMILES string of the molecule is Cc1ccccc1N=Nc1c(C)[nH]n(-c2nnc3sc(-c4cc5ccccc5oc4=O)nn23)c1=O. The fourth-order valence-electron chi connectivity index (χ4n) is 3.64. The van der Waals surface area contributed by atoms with Crippen molar-refractivity contribution in [3.63, 3.8) is 0 Å². The van der Waals surface area contributed by atoms with Crippen LogP contribution in [0, 0.1) is 13.8 Å². The third kappa shape index (κ3) is 3.47. The van der Waals surface area contributed by atoms with E-state index in [-0.39, 0.29) is 11.6 Å². The third-order valence-electron chi connectivity index (χ3n) is 5.46. The Morgan fingerprint density at radius 2 is 1.80 bits per heavy atom. The van der Waals surface area contributed by atoms with Crippen molar-refractivity contribution in [1.29, 1.82) is 0 Å². The Morgan fingerprint density at radius 3 is 2.66 bits per heavy atom. The van der Waals surface area contributed by atoms with Gasteiger partial charge in [-0.15, -0.1) is 15.3 Å². The number of aromatic nitrogens is 6. The van der Waals surface area contributed by atoms with Crippen LogP contribution in [0.25, 0.3) is 32.4 Å². The molecule has 0 unspecified atom stereocenters. The molecule has 35 heavy (non-hydrogen) atoms. The molecule has 0 aliphatic carbocycles. The summed E-state index contributed by atoms with van der Waals surface area (Å²) < 4.78 is 8.03. The molecular formula is C23H16N8O3S. The summed E-state index contributed by atoms with van der Waals surface area (Å²) >= 11 is 1.16. The van der Waals surface area contributed by atoms with Crippen molar-refractivity contribution in [3.8, 4) is 16.5 Å². The lowest BCUT2D eigenvalue weighted by Crippen LogP contribution is -2.17. The van der Waals surface area contributed by atoms with E-state index in [0.717, 1.165) is 22.3 Å². The highest BCUT2D eigenvalue weighted by atomic mass is 32.1. The molecule has 11 nitrogen and oxygen atoms in total. The first-order valence-corrected chi connectivity index (χ1v) is 11.4. The maximum absolute atomic E-state index is 13.1. The number of aromatic amines is 1. The summed E-state index contributed by atoms with van der Waals surface area (Å²) in [5.74, 6) is 0.137. The molecule has 0 radical (unpaired) electrons. The van der Waals surface area contributed by atoms with E-state index in [1.54, 1.807) is 25.1 Å². The Labute approximate surface area is 200 Å². The molecule has 6 aromatic rings. The lowest BCUT2D eigenvalue weighted by molar-refractivity contribution is 0.563. The van der Waals surface area contributed by atoms with Gasteiger partial charge < -0.3 is 4.42 Å². The zero-order valence-corrected chi connectivity index (χ0v) is 19.3. The fourth-order valence-corrected chi connectivity index (χ4v) is 4.48. The van der Waals surface area contributed by atoms with Crippen LogP contribution >= 0.6 is 11.3 Å². The molecule has 0 fully saturated rings. The molecule has 0 bridgehead atoms. The van der Waals surface area contributed by atoms with Gasteiger partial charge in [-0.25, -0.2) is 4.79 Å². The highest BCUT2D eigenvalue weighted by Gasteiger charge is 2.21. The molecule has 0 spiro atoms. The smallest absolute Gasteiger partial charge is 0.346 e. The van der Waals surface area contributed by atoms with Crippen molar-refractivity contribution in [2.45, 2.75) is 13.8 Å². The summed E-state index contributed by atoms with van der Waals surface area (Å²) in [5.41, 5.74) is 2.10. The molecule has 6 rings (SSSR count). The number of nitrogens with one attached hydrogen (secondary N) is 1. The molecule has 172 valence electrons. The summed E-state index contributed by atoms with van der Waals surface area (Å²) in [7, 11) is 0. The predicted octanol–water partition coefficient (Wildman–Crippen LogP) is 4.47. The average molecular weight is 485 g/mol. The van der Waals surface area contributed by atoms with Gasteiger partial charge in [0.05, 0.1) is 16.9 Å². The maximum atomic E-state index is 13.1. The topological polar surface area (TPSA) is 136 Å². The van der Waals surface area contributed by atoms with E-state index < -0.39 is 11.2 Å². The third-order valence-corrected chi connectivity index (χ3v) is 6.39. The van der Waals surface area contributed by atoms with Gasteiger partial charge in [-0.3, -0.25) is 9.89 Å². The number of fused-ring (bicyclic) bond motifs is 2. The second-order valence-electron chi connectivity index (χ2n) is 7.80. The van der Waals surface area contributed by atoms with Gasteiger partial charge in [0.1, 0.15) is 5.58 Å². The molecule has 0 atom stereocenters. The zero-order valence-electron chi connectivity index (χ0n) is 18.5. The highest BCUT2D eigenvalue weighted by Crippen LogP contribution is 2.27. The second-order valence-corrected chi connectivity index (χ2v) is 8.76. The molecule has 2 aromatic carbocycles. The van der Waals surface area contributed by atoms with Gasteiger partial charge in [0.2, 0.25) is 4.96 Å². The minimum absolute atomic E-state index is 0.137. The largest absolute Gasteiger partial charge is 0.422 e. The highest BCUT2D eigenvalue weighted by molar-refractivity contribution is 7.19. The van der Waals surface area contributed by atoms with Crippen molar-refractivity contribution < 1.29 is 4.42 Å². The number of hydrogen-bond acceptors (Lipinski definition) is 9. The number of azo groups is 1. The predicted molar refractivity (Wildman–Crippen MR) is 130 cm³/mol. The van der Waals surface area contributed by atoms with E-state index in [9.17, 15) is 9.59 Å². The van der Waals surface area contributed by atoms with Gasteiger partial charge in [-0.1, -0.05) is 47.7 Å². The average Bonchev–Trinajstić information content (AvgIpc) is 3.51. The summed E-state index contributed by atoms with van der Waals surface area (Å²) in [6.07, 6.45) is 0. The molecule has 0 aliphatic heterocycles. The van der Waals surface area contributed by atoms with E-state index in [1.165, 1.54) is 9.20 Å². The zero-order chi connectivity index (χ0) is 24.1. The Hall–Kier alpha value is -4.71. The van der Waals surface area contributed by atoms with Crippen molar-refractivity contribution >= 4 is 38.6 Å². The number of rotatable bonds is 4. The summed E-state index contributed by atoms with van der Waals surface area (Å²) in [5, 5.41) is 25.2. The van der Waals surface area contributed by atoms with Crippen molar-refractivity contribution in [2.24, 2.45) is 10.2 Å². The van der Waals surface area contributed by atoms with Crippen LogP contribution < -0.4 is 11.2 Å². The van der Waals surface area contributed by atoms with Crippen LogP contribution in [0.5, 0.6) is 0 Å². The number of para-hydroxylation sites is 1. The number of H-pyrrole nitrogens is 1. The Bertz CT molecular complexity index is 1890. The van der Waals surface area contributed by atoms with Crippen LogP contribution in [0.2, 0.25) is 0 Å². The van der Waals surface area contributed by atoms with Gasteiger partial charge in [-0.2, -0.15) is 19.4 Å². The molecule has 0 saturated heterocycles. The second kappa shape index (κ2) is 7.95. The molecule has 12 heteroatoms. The number of nitrogens with zero attached hydrogens (tertiary/aromatic N) is 7. The Balaban J connectivity index is 1.43. The van der Waals surface area contributed by atoms with E-state index in [0.29, 0.717) is 32.5 Å². The molecular weight excluding hydrogens is 468 g/mol. The van der Waals surface area contributed by atoms with Crippen LogP contribution in [-0.4, -0.2) is 29.6 Å². The minimum Gasteiger partial charge on any atom is -0.422 e. The monoisotopic (exact) mass is 484 g/mol. The van der Waals surface area contributed by atoms with Crippen molar-refractivity contribution in [2.75, 3.05) is 0 Å². The lowest BCUT2D eigenvalue weighted by Gasteiger charge is -1.98. The van der Waals surface area contributed by atoms with Gasteiger partial charge in [-0.05, 0) is 37.6 Å². The van der Waals surface area contributed by atoms with Gasteiger partial charge >= 0.3 is 11.2 Å². The van der Waals surface area contributed by atoms with Crippen molar-refractivity contribution in [1.82, 2.24) is 29.6 Å². The quantitative estimate of drug-likeness (QED) is 0.290. The van der Waals surface area contributed by atoms with Crippen LogP contribution in [0.1, 0.15) is 11.3 Å². The van der Waals surface area contributed by atoms with E-state index >= 15 is 0 Å². The Morgan fingerprint density at radius 1 is 1.00 bits per heavy atom. The van der Waals surface area contributed by atoms with Crippen LogP contribution in [-0.2, 0) is 0 Å². The molecule has 4 heterocycles. The van der Waals surface area contributed by atoms with Crippen molar-refractivity contribution in [3.05, 3.63) is 86.6 Å². The van der Waals surface area contributed by atoms with Crippen LogP contribution in [0.15, 0.2) is 78.8 Å². The normalized spacial score (nSPS) is 11.8. The van der Waals surface area contributed by atoms with Crippen LogP contribution in [0.3, 0.4) is 0 Å². The first-order valence-electron chi connectivity index (χ1n) is 10.5. The van der Waals surface area contributed by atoms with Gasteiger partial charge in [0.25, 0.3) is 5.95 Å². The summed E-state index contributed by atoms with van der Waals surface area (Å²) in [6, 6.07) is 16.5. The summed E-state index contributed by atoms with van der Waals surface area (Å²) in [6.45, 7) is 3.63. The molecule has 0 aliphatic rings. The Kier molecular flexibility index (Phi) is 4.74. The molecule has 1 N–H and O–H groups in total. The molecule has 0 saturated carbocycles. The molecule has 4 aromatic heterocycles. The standard InChI is InChI=1S/C23H16N8O3S/c1-12-7-3-5-9-16(12)24-25-18-13(2)28-30(20(18)32)22-26-27-23-31(22)29-19(35-23)15-11-14-8-4-6-10-17(14)34-21(15)33/h3-11,28H,1-2H3. The number of aryl methyl sites for hydroxylation is 2. The van der Waals surface area contributed by atoms with E-state index in [4.69, 9.17) is 4.42 Å². The minimum atomic E-state index is -0.512. The van der Waals surface area contributed by atoms with E-state index in [2.05, 4.69) is 30.6 Å². The first kappa shape index (κ1) is 20.9. The van der Waals surface area contributed by atoms with Gasteiger partial charge in [0.15, 0.2) is 10.7 Å². The maximum Gasteiger partial charge on any atom is 0.346 e. The number of hydrogen-bond donors (Lipinski definition) is 1. The lowest BCUT2D eigenvalue weighted by atomic mass is 10.2. The fraction of sp³-hybridized carbons (Fsp3) is 0.0870. The van der Waals surface area contributed by atoms with E-state index in [1.807, 2.05) is 43.3 Å².